The van der Waals surface area contributed by atoms with Crippen molar-refractivity contribution in [3.05, 3.63) is 53.5 Å². The van der Waals surface area contributed by atoms with Gasteiger partial charge in [0.2, 0.25) is 5.76 Å². The fraction of sp³-hybridized carbons (Fsp3) is 0.524. The lowest BCUT2D eigenvalue weighted by molar-refractivity contribution is 0.0628. The van der Waals surface area contributed by atoms with Gasteiger partial charge in [-0.05, 0) is 56.5 Å². The molecule has 5 nitrogen and oxygen atoms in total. The topological polar surface area (TPSA) is 58.4 Å². The van der Waals surface area contributed by atoms with Gasteiger partial charge in [-0.2, -0.15) is 0 Å². The Hall–Kier alpha value is -2.21. The van der Waals surface area contributed by atoms with E-state index in [0.717, 1.165) is 57.2 Å². The molecule has 0 bridgehead atoms. The number of benzene rings is 1. The van der Waals surface area contributed by atoms with Crippen LogP contribution in [0.5, 0.6) is 0 Å². The number of aromatic nitrogens is 1. The fourth-order valence-electron chi connectivity index (χ4n) is 4.20. The maximum Gasteiger partial charge on any atom is 0.291 e. The standard InChI is InChI=1S/C21H26FN3O2/c22-17-5-3-4-15(12-17)14-25(18-6-1-2-7-18)21(26)19-13-24-20(27-19)16-8-10-23-11-9-16/h3-5,12-13,16,18,23H,1-2,6-11,14H2. The highest BCUT2D eigenvalue weighted by molar-refractivity contribution is 5.91. The van der Waals surface area contributed by atoms with Gasteiger partial charge in [-0.15, -0.1) is 0 Å². The first-order valence-corrected chi connectivity index (χ1v) is 9.92. The molecule has 1 saturated carbocycles. The third-order valence-electron chi connectivity index (χ3n) is 5.69. The number of nitrogens with one attached hydrogen (secondary N) is 1. The summed E-state index contributed by atoms with van der Waals surface area (Å²) in [5.41, 5.74) is 0.799. The van der Waals surface area contributed by atoms with Crippen LogP contribution in [-0.2, 0) is 6.54 Å². The molecule has 2 heterocycles. The molecule has 1 saturated heterocycles. The van der Waals surface area contributed by atoms with Crippen LogP contribution in [0, 0.1) is 5.82 Å². The molecule has 2 fully saturated rings. The van der Waals surface area contributed by atoms with Crippen molar-refractivity contribution in [2.24, 2.45) is 0 Å². The van der Waals surface area contributed by atoms with Crippen LogP contribution in [0.3, 0.4) is 0 Å². The maximum absolute atomic E-state index is 13.6. The van der Waals surface area contributed by atoms with E-state index >= 15 is 0 Å². The van der Waals surface area contributed by atoms with E-state index in [1.807, 2.05) is 11.0 Å². The van der Waals surface area contributed by atoms with Crippen molar-refractivity contribution in [3.8, 4) is 0 Å². The van der Waals surface area contributed by atoms with Crippen molar-refractivity contribution in [2.75, 3.05) is 13.1 Å². The van der Waals surface area contributed by atoms with Gasteiger partial charge >= 0.3 is 0 Å². The van der Waals surface area contributed by atoms with E-state index in [1.165, 1.54) is 12.1 Å². The summed E-state index contributed by atoms with van der Waals surface area (Å²) in [7, 11) is 0. The molecule has 1 N–H and O–H groups in total. The van der Waals surface area contributed by atoms with Gasteiger partial charge in [0.1, 0.15) is 5.82 Å². The van der Waals surface area contributed by atoms with Gasteiger partial charge in [0.15, 0.2) is 5.89 Å². The van der Waals surface area contributed by atoms with Crippen molar-refractivity contribution in [1.82, 2.24) is 15.2 Å². The monoisotopic (exact) mass is 371 g/mol. The average Bonchev–Trinajstić information content (AvgIpc) is 3.38. The number of piperidine rings is 1. The molecule has 1 aliphatic heterocycles. The predicted octanol–water partition coefficient (Wildman–Crippen LogP) is 3.87. The third kappa shape index (κ3) is 4.21. The number of carbonyl (C=O) groups excluding carboxylic acids is 1. The highest BCUT2D eigenvalue weighted by Crippen LogP contribution is 2.29. The van der Waals surface area contributed by atoms with Crippen LogP contribution in [0.15, 0.2) is 34.9 Å². The molecule has 0 atom stereocenters. The van der Waals surface area contributed by atoms with Gasteiger partial charge in [0.05, 0.1) is 6.20 Å². The average molecular weight is 371 g/mol. The molecule has 1 aliphatic carbocycles. The Labute approximate surface area is 159 Å². The minimum atomic E-state index is -0.279. The van der Waals surface area contributed by atoms with E-state index < -0.39 is 0 Å². The van der Waals surface area contributed by atoms with Gasteiger partial charge in [-0.3, -0.25) is 4.79 Å². The summed E-state index contributed by atoms with van der Waals surface area (Å²) in [4.78, 5) is 19.4. The van der Waals surface area contributed by atoms with Crippen LogP contribution in [-0.4, -0.2) is 34.9 Å². The molecule has 0 radical (unpaired) electrons. The minimum absolute atomic E-state index is 0.140. The molecule has 6 heteroatoms. The predicted molar refractivity (Wildman–Crippen MR) is 99.9 cm³/mol. The first-order valence-electron chi connectivity index (χ1n) is 9.92. The molecular weight excluding hydrogens is 345 g/mol. The summed E-state index contributed by atoms with van der Waals surface area (Å²) in [5, 5.41) is 3.33. The van der Waals surface area contributed by atoms with Gasteiger partial charge < -0.3 is 14.6 Å². The van der Waals surface area contributed by atoms with E-state index in [1.54, 1.807) is 12.3 Å². The van der Waals surface area contributed by atoms with Gasteiger partial charge in [0, 0.05) is 18.5 Å². The largest absolute Gasteiger partial charge is 0.435 e. The summed E-state index contributed by atoms with van der Waals surface area (Å²) in [6.45, 7) is 2.29. The molecule has 1 aromatic carbocycles. The Morgan fingerprint density at radius 2 is 2.00 bits per heavy atom. The summed E-state index contributed by atoms with van der Waals surface area (Å²) in [6, 6.07) is 6.64. The molecule has 1 aromatic heterocycles. The van der Waals surface area contributed by atoms with Crippen LogP contribution in [0.2, 0.25) is 0 Å². The zero-order valence-corrected chi connectivity index (χ0v) is 15.5. The van der Waals surface area contributed by atoms with Gasteiger partial charge in [-0.1, -0.05) is 25.0 Å². The normalized spacial score (nSPS) is 18.7. The van der Waals surface area contributed by atoms with Crippen molar-refractivity contribution in [2.45, 2.75) is 57.0 Å². The summed E-state index contributed by atoms with van der Waals surface area (Å²) in [6.07, 6.45) is 7.72. The summed E-state index contributed by atoms with van der Waals surface area (Å²) < 4.78 is 19.5. The smallest absolute Gasteiger partial charge is 0.291 e. The third-order valence-corrected chi connectivity index (χ3v) is 5.69. The Bertz CT molecular complexity index is 779. The molecule has 2 aliphatic rings. The van der Waals surface area contributed by atoms with E-state index in [-0.39, 0.29) is 23.7 Å². The van der Waals surface area contributed by atoms with Crippen molar-refractivity contribution in [1.29, 1.82) is 0 Å². The Balaban J connectivity index is 1.54. The molecule has 1 amide bonds. The van der Waals surface area contributed by atoms with E-state index in [4.69, 9.17) is 4.42 Å². The van der Waals surface area contributed by atoms with Crippen LogP contribution in [0.1, 0.15) is 66.5 Å². The zero-order chi connectivity index (χ0) is 18.6. The molecule has 144 valence electrons. The summed E-state index contributed by atoms with van der Waals surface area (Å²) >= 11 is 0. The first-order chi connectivity index (χ1) is 13.2. The van der Waals surface area contributed by atoms with Crippen molar-refractivity contribution >= 4 is 5.91 Å². The number of amides is 1. The number of carbonyl (C=O) groups is 1. The number of nitrogens with zero attached hydrogens (tertiary/aromatic N) is 2. The Morgan fingerprint density at radius 1 is 1.22 bits per heavy atom. The van der Waals surface area contributed by atoms with Gasteiger partial charge in [-0.25, -0.2) is 9.37 Å². The lowest BCUT2D eigenvalue weighted by Crippen LogP contribution is -2.38. The van der Waals surface area contributed by atoms with Crippen LogP contribution < -0.4 is 5.32 Å². The fourth-order valence-corrected chi connectivity index (χ4v) is 4.20. The number of halogens is 1. The van der Waals surface area contributed by atoms with Gasteiger partial charge in [0.25, 0.3) is 5.91 Å². The van der Waals surface area contributed by atoms with Crippen molar-refractivity contribution < 1.29 is 13.6 Å². The molecule has 0 spiro atoms. The minimum Gasteiger partial charge on any atom is -0.435 e. The van der Waals surface area contributed by atoms with Crippen molar-refractivity contribution in [3.63, 3.8) is 0 Å². The Morgan fingerprint density at radius 3 is 2.74 bits per heavy atom. The van der Waals surface area contributed by atoms with Crippen LogP contribution >= 0.6 is 0 Å². The van der Waals surface area contributed by atoms with Crippen LogP contribution in [0.4, 0.5) is 4.39 Å². The molecule has 2 aromatic rings. The molecular formula is C21H26FN3O2. The maximum atomic E-state index is 13.6. The lowest BCUT2D eigenvalue weighted by atomic mass is 9.98. The molecule has 0 unspecified atom stereocenters. The zero-order valence-electron chi connectivity index (χ0n) is 15.5. The number of rotatable bonds is 5. The Kier molecular flexibility index (Phi) is 5.53. The quantitative estimate of drug-likeness (QED) is 0.867. The lowest BCUT2D eigenvalue weighted by Gasteiger charge is -2.28. The van der Waals surface area contributed by atoms with Crippen LogP contribution in [0.25, 0.3) is 0 Å². The highest BCUT2D eigenvalue weighted by Gasteiger charge is 2.30. The summed E-state index contributed by atoms with van der Waals surface area (Å²) in [5.74, 6) is 0.817. The molecule has 27 heavy (non-hydrogen) atoms. The second-order valence-corrected chi connectivity index (χ2v) is 7.59. The van der Waals surface area contributed by atoms with E-state index in [9.17, 15) is 9.18 Å². The van der Waals surface area contributed by atoms with E-state index in [0.29, 0.717) is 18.2 Å². The van der Waals surface area contributed by atoms with E-state index in [2.05, 4.69) is 10.3 Å². The highest BCUT2D eigenvalue weighted by atomic mass is 19.1. The second-order valence-electron chi connectivity index (χ2n) is 7.59. The second kappa shape index (κ2) is 8.21. The number of oxazole rings is 1. The molecule has 4 rings (SSSR count). The SMILES string of the molecule is O=C(c1cnc(C2CCNCC2)o1)N(Cc1cccc(F)c1)C1CCCC1. The number of hydrogen-bond donors (Lipinski definition) is 1. The first kappa shape index (κ1) is 18.2. The number of hydrogen-bond acceptors (Lipinski definition) is 4.